The summed E-state index contributed by atoms with van der Waals surface area (Å²) in [5, 5.41) is 0. The maximum absolute atomic E-state index is 12.8. The largest absolute Gasteiger partial charge is 0.462 e. The van der Waals surface area contributed by atoms with Crippen LogP contribution in [0.3, 0.4) is 0 Å². The Bertz CT molecular complexity index is 949. The van der Waals surface area contributed by atoms with Gasteiger partial charge in [0.15, 0.2) is 6.10 Å². The molecule has 0 aliphatic carbocycles. The number of esters is 3. The Morgan fingerprint density at radius 1 is 0.302 bits per heavy atom. The maximum atomic E-state index is 12.8. The molecule has 0 aromatic heterocycles. The van der Waals surface area contributed by atoms with Crippen LogP contribution in [-0.2, 0) is 28.6 Å². The van der Waals surface area contributed by atoms with E-state index in [4.69, 9.17) is 14.2 Å². The molecule has 0 radical (unpaired) electrons. The summed E-state index contributed by atoms with van der Waals surface area (Å²) in [5.74, 6) is 0.0143. The van der Waals surface area contributed by atoms with Gasteiger partial charge in [-0.3, -0.25) is 14.4 Å². The van der Waals surface area contributed by atoms with Crippen molar-refractivity contribution in [2.75, 3.05) is 13.2 Å². The molecule has 6 nitrogen and oxygen atoms in total. The summed E-state index contributed by atoms with van der Waals surface area (Å²) in [6.07, 6.45) is 55.4. The molecular formula is C57H110O6. The first kappa shape index (κ1) is 61.4. The molecule has 0 bridgehead atoms. The van der Waals surface area contributed by atoms with Gasteiger partial charge in [-0.2, -0.15) is 0 Å². The number of hydrogen-bond donors (Lipinski definition) is 0. The fourth-order valence-corrected chi connectivity index (χ4v) is 8.75. The van der Waals surface area contributed by atoms with Gasteiger partial charge in [0.05, 0.1) is 0 Å². The molecule has 0 heterocycles. The molecule has 0 amide bonds. The van der Waals surface area contributed by atoms with Gasteiger partial charge in [-0.25, -0.2) is 0 Å². The number of ether oxygens (including phenoxy) is 3. The molecule has 374 valence electrons. The smallest absolute Gasteiger partial charge is 0.306 e. The molecule has 0 aromatic rings. The van der Waals surface area contributed by atoms with Gasteiger partial charge in [0.25, 0.3) is 0 Å². The molecule has 0 rings (SSSR count). The Morgan fingerprint density at radius 3 is 0.778 bits per heavy atom. The van der Waals surface area contributed by atoms with Crippen molar-refractivity contribution in [3.63, 3.8) is 0 Å². The maximum Gasteiger partial charge on any atom is 0.306 e. The standard InChI is InChI=1S/C57H110O6/c1-5-7-9-11-13-14-15-16-17-20-25-28-31-34-38-42-46-50-57(60)63-54(51-61-55(58)48-44-40-35-12-10-8-6-2)52-62-56(59)49-45-41-37-33-30-27-24-22-19-18-21-23-26-29-32-36-39-43-47-53(3)4/h53-54H,5-52H2,1-4H3/t54-/m0/s1. The molecule has 0 fully saturated rings. The molecule has 0 aromatic carbocycles. The van der Waals surface area contributed by atoms with Gasteiger partial charge in [0, 0.05) is 19.3 Å². The van der Waals surface area contributed by atoms with E-state index in [-0.39, 0.29) is 31.1 Å². The SMILES string of the molecule is CCCCCCCCCCCCCCCCCCCC(=O)O[C@@H](COC(=O)CCCCCCCCC)COC(=O)CCCCCCCCCCCCCCCCCCCCC(C)C. The minimum atomic E-state index is -0.760. The summed E-state index contributed by atoms with van der Waals surface area (Å²) in [6.45, 7) is 9.03. The molecule has 1 atom stereocenters. The number of unbranched alkanes of at least 4 members (excludes halogenated alkanes) is 39. The molecule has 6 heteroatoms. The quantitative estimate of drug-likeness (QED) is 0.0344. The van der Waals surface area contributed by atoms with Crippen LogP contribution in [0.1, 0.15) is 323 Å². The van der Waals surface area contributed by atoms with Crippen LogP contribution in [-0.4, -0.2) is 37.2 Å². The lowest BCUT2D eigenvalue weighted by Gasteiger charge is -2.18. The van der Waals surface area contributed by atoms with Crippen LogP contribution in [0.2, 0.25) is 0 Å². The van der Waals surface area contributed by atoms with E-state index in [1.165, 1.54) is 218 Å². The zero-order valence-electron chi connectivity index (χ0n) is 43.0. The van der Waals surface area contributed by atoms with Crippen molar-refractivity contribution >= 4 is 17.9 Å². The van der Waals surface area contributed by atoms with E-state index >= 15 is 0 Å². The average Bonchev–Trinajstić information content (AvgIpc) is 3.27. The van der Waals surface area contributed by atoms with E-state index < -0.39 is 6.10 Å². The Balaban J connectivity index is 4.12. The highest BCUT2D eigenvalue weighted by Gasteiger charge is 2.19. The molecule has 0 unspecified atom stereocenters. The van der Waals surface area contributed by atoms with E-state index in [0.717, 1.165) is 63.7 Å². The van der Waals surface area contributed by atoms with E-state index in [1.54, 1.807) is 0 Å². The predicted molar refractivity (Wildman–Crippen MR) is 270 cm³/mol. The third-order valence-electron chi connectivity index (χ3n) is 13.0. The number of carbonyl (C=O) groups is 3. The fraction of sp³-hybridized carbons (Fsp3) is 0.947. The monoisotopic (exact) mass is 891 g/mol. The lowest BCUT2D eigenvalue weighted by Crippen LogP contribution is -2.30. The van der Waals surface area contributed by atoms with Crippen molar-refractivity contribution < 1.29 is 28.6 Å². The molecule has 0 aliphatic heterocycles. The number of carbonyl (C=O) groups excluding carboxylic acids is 3. The third-order valence-corrected chi connectivity index (χ3v) is 13.0. The molecule has 0 N–H and O–H groups in total. The normalized spacial score (nSPS) is 12.0. The molecule has 0 saturated carbocycles. The van der Waals surface area contributed by atoms with Gasteiger partial charge >= 0.3 is 17.9 Å². The van der Waals surface area contributed by atoms with Gasteiger partial charge in [-0.15, -0.1) is 0 Å². The van der Waals surface area contributed by atoms with Gasteiger partial charge in [-0.05, 0) is 25.2 Å². The highest BCUT2D eigenvalue weighted by Crippen LogP contribution is 2.18. The summed E-state index contributed by atoms with van der Waals surface area (Å²) in [7, 11) is 0. The Hall–Kier alpha value is -1.59. The van der Waals surface area contributed by atoms with Gasteiger partial charge in [-0.1, -0.05) is 285 Å². The first-order chi connectivity index (χ1) is 30.9. The third kappa shape index (κ3) is 51.3. The van der Waals surface area contributed by atoms with Crippen LogP contribution in [0.25, 0.3) is 0 Å². The van der Waals surface area contributed by atoms with Gasteiger partial charge < -0.3 is 14.2 Å². The fourth-order valence-electron chi connectivity index (χ4n) is 8.75. The van der Waals surface area contributed by atoms with Crippen molar-refractivity contribution in [3.05, 3.63) is 0 Å². The molecule has 0 spiro atoms. The van der Waals surface area contributed by atoms with Crippen molar-refractivity contribution in [2.24, 2.45) is 5.92 Å². The first-order valence-electron chi connectivity index (χ1n) is 28.4. The Kier molecular flexibility index (Phi) is 50.1. The second kappa shape index (κ2) is 51.4. The van der Waals surface area contributed by atoms with Crippen LogP contribution >= 0.6 is 0 Å². The lowest BCUT2D eigenvalue weighted by atomic mass is 10.0. The van der Waals surface area contributed by atoms with Crippen molar-refractivity contribution in [2.45, 2.75) is 329 Å². The molecular weight excluding hydrogens is 781 g/mol. The minimum Gasteiger partial charge on any atom is -0.462 e. The van der Waals surface area contributed by atoms with Crippen LogP contribution in [0.4, 0.5) is 0 Å². The molecule has 63 heavy (non-hydrogen) atoms. The Morgan fingerprint density at radius 2 is 0.524 bits per heavy atom. The van der Waals surface area contributed by atoms with Gasteiger partial charge in [0.2, 0.25) is 0 Å². The summed E-state index contributed by atoms with van der Waals surface area (Å²) < 4.78 is 16.8. The summed E-state index contributed by atoms with van der Waals surface area (Å²) in [6, 6.07) is 0. The van der Waals surface area contributed by atoms with E-state index in [9.17, 15) is 14.4 Å². The van der Waals surface area contributed by atoms with Crippen molar-refractivity contribution in [1.82, 2.24) is 0 Å². The second-order valence-corrected chi connectivity index (χ2v) is 20.1. The highest BCUT2D eigenvalue weighted by atomic mass is 16.6. The van der Waals surface area contributed by atoms with E-state index in [1.807, 2.05) is 0 Å². The van der Waals surface area contributed by atoms with Crippen LogP contribution in [0.15, 0.2) is 0 Å². The zero-order chi connectivity index (χ0) is 45.9. The summed E-state index contributed by atoms with van der Waals surface area (Å²) >= 11 is 0. The second-order valence-electron chi connectivity index (χ2n) is 20.1. The number of rotatable bonds is 52. The average molecular weight is 892 g/mol. The topological polar surface area (TPSA) is 78.9 Å². The molecule has 0 aliphatic rings. The lowest BCUT2D eigenvalue weighted by molar-refractivity contribution is -0.167. The Labute approximate surface area is 393 Å². The first-order valence-corrected chi connectivity index (χ1v) is 28.4. The summed E-state index contributed by atoms with van der Waals surface area (Å²) in [4.78, 5) is 37.9. The summed E-state index contributed by atoms with van der Waals surface area (Å²) in [5.41, 5.74) is 0. The molecule has 0 saturated heterocycles. The van der Waals surface area contributed by atoms with Crippen molar-refractivity contribution in [3.8, 4) is 0 Å². The number of hydrogen-bond acceptors (Lipinski definition) is 6. The van der Waals surface area contributed by atoms with Crippen LogP contribution in [0.5, 0.6) is 0 Å². The van der Waals surface area contributed by atoms with Crippen LogP contribution < -0.4 is 0 Å². The van der Waals surface area contributed by atoms with Crippen molar-refractivity contribution in [1.29, 1.82) is 0 Å². The van der Waals surface area contributed by atoms with E-state index in [0.29, 0.717) is 19.3 Å². The van der Waals surface area contributed by atoms with E-state index in [2.05, 4.69) is 27.7 Å². The highest BCUT2D eigenvalue weighted by molar-refractivity contribution is 5.71. The predicted octanol–water partition coefficient (Wildman–Crippen LogP) is 18.6. The minimum absolute atomic E-state index is 0.0625. The van der Waals surface area contributed by atoms with Gasteiger partial charge in [0.1, 0.15) is 13.2 Å². The van der Waals surface area contributed by atoms with Crippen LogP contribution in [0, 0.1) is 5.92 Å². The zero-order valence-corrected chi connectivity index (χ0v) is 43.0.